The van der Waals surface area contributed by atoms with E-state index in [2.05, 4.69) is 15.0 Å². The Balaban J connectivity index is 2.62. The number of pyridine rings is 1. The molecule has 1 amide bonds. The van der Waals surface area contributed by atoms with Crippen LogP contribution in [-0.4, -0.2) is 22.8 Å². The third-order valence-electron chi connectivity index (χ3n) is 1.47. The van der Waals surface area contributed by atoms with Crippen LogP contribution < -0.4 is 5.32 Å². The van der Waals surface area contributed by atoms with Gasteiger partial charge >= 0.3 is 6.09 Å². The van der Waals surface area contributed by atoms with Crippen LogP contribution in [0.4, 0.5) is 10.6 Å². The maximum Gasteiger partial charge on any atom is 0.412 e. The summed E-state index contributed by atoms with van der Waals surface area (Å²) in [5.74, 6) is 0.370. The fourth-order valence-corrected chi connectivity index (χ4v) is 0.909. The first-order valence-electron chi connectivity index (χ1n) is 4.27. The lowest BCUT2D eigenvalue weighted by Gasteiger charge is -2.04. The molecule has 0 saturated heterocycles. The van der Waals surface area contributed by atoms with Crippen molar-refractivity contribution in [2.75, 3.05) is 11.9 Å². The standard InChI is InChI=1S/C9H12N2O3/c1-2-14-9(13)11-8-5-3-4-7(6-12)10-8/h3-5,12H,2,6H2,1H3,(H,10,11,13). The summed E-state index contributed by atoms with van der Waals surface area (Å²) in [6.07, 6.45) is -0.546. The molecule has 0 atom stereocenters. The van der Waals surface area contributed by atoms with Gasteiger partial charge in [-0.25, -0.2) is 9.78 Å². The first kappa shape index (κ1) is 10.5. The van der Waals surface area contributed by atoms with E-state index in [4.69, 9.17) is 5.11 Å². The molecule has 0 aliphatic rings. The molecule has 2 N–H and O–H groups in total. The number of anilines is 1. The topological polar surface area (TPSA) is 71.5 Å². The van der Waals surface area contributed by atoms with Crippen LogP contribution in [0.5, 0.6) is 0 Å². The van der Waals surface area contributed by atoms with Gasteiger partial charge in [-0.2, -0.15) is 0 Å². The molecule has 0 aromatic carbocycles. The molecular weight excluding hydrogens is 184 g/mol. The van der Waals surface area contributed by atoms with Gasteiger partial charge in [0, 0.05) is 0 Å². The maximum atomic E-state index is 11.0. The fraction of sp³-hybridized carbons (Fsp3) is 0.333. The largest absolute Gasteiger partial charge is 0.450 e. The van der Waals surface area contributed by atoms with Gasteiger partial charge in [-0.3, -0.25) is 5.32 Å². The molecule has 5 heteroatoms. The lowest BCUT2D eigenvalue weighted by atomic mass is 10.3. The number of aliphatic hydroxyl groups excluding tert-OH is 1. The molecule has 14 heavy (non-hydrogen) atoms. The zero-order chi connectivity index (χ0) is 10.4. The van der Waals surface area contributed by atoms with E-state index in [0.717, 1.165) is 0 Å². The molecular formula is C9H12N2O3. The molecule has 0 bridgehead atoms. The van der Waals surface area contributed by atoms with E-state index in [1.54, 1.807) is 25.1 Å². The molecule has 0 radical (unpaired) electrons. The molecule has 1 aromatic heterocycles. The molecule has 0 fully saturated rings. The van der Waals surface area contributed by atoms with Gasteiger partial charge in [0.25, 0.3) is 0 Å². The molecule has 0 saturated carbocycles. The quantitative estimate of drug-likeness (QED) is 0.760. The smallest absolute Gasteiger partial charge is 0.412 e. The van der Waals surface area contributed by atoms with E-state index in [-0.39, 0.29) is 6.61 Å². The number of amides is 1. The van der Waals surface area contributed by atoms with Crippen molar-refractivity contribution in [2.24, 2.45) is 0 Å². The number of aromatic nitrogens is 1. The minimum Gasteiger partial charge on any atom is -0.450 e. The average Bonchev–Trinajstić information content (AvgIpc) is 2.18. The van der Waals surface area contributed by atoms with Gasteiger partial charge in [-0.05, 0) is 19.1 Å². The highest BCUT2D eigenvalue weighted by Crippen LogP contribution is 2.04. The highest BCUT2D eigenvalue weighted by atomic mass is 16.5. The molecule has 0 aliphatic heterocycles. The van der Waals surface area contributed by atoms with Gasteiger partial charge in [0.15, 0.2) is 0 Å². The number of carbonyl (C=O) groups excluding carboxylic acids is 1. The Kier molecular flexibility index (Phi) is 3.87. The number of hydrogen-bond acceptors (Lipinski definition) is 4. The lowest BCUT2D eigenvalue weighted by Crippen LogP contribution is -2.14. The minimum absolute atomic E-state index is 0.154. The Morgan fingerprint density at radius 1 is 1.64 bits per heavy atom. The summed E-state index contributed by atoms with van der Waals surface area (Å²) in [5, 5.41) is 11.2. The molecule has 1 rings (SSSR count). The van der Waals surface area contributed by atoms with E-state index in [0.29, 0.717) is 18.1 Å². The van der Waals surface area contributed by atoms with Crippen molar-refractivity contribution in [2.45, 2.75) is 13.5 Å². The third-order valence-corrected chi connectivity index (χ3v) is 1.47. The van der Waals surface area contributed by atoms with E-state index in [1.807, 2.05) is 0 Å². The molecule has 0 unspecified atom stereocenters. The monoisotopic (exact) mass is 196 g/mol. The number of carbonyl (C=O) groups is 1. The van der Waals surface area contributed by atoms with Crippen molar-refractivity contribution in [1.29, 1.82) is 0 Å². The molecule has 1 heterocycles. The van der Waals surface area contributed by atoms with Crippen molar-refractivity contribution in [1.82, 2.24) is 4.98 Å². The third kappa shape index (κ3) is 3.02. The van der Waals surface area contributed by atoms with Crippen LogP contribution in [0.25, 0.3) is 0 Å². The predicted octanol–water partition coefficient (Wildman–Crippen LogP) is 1.14. The Morgan fingerprint density at radius 3 is 3.07 bits per heavy atom. The van der Waals surface area contributed by atoms with Gasteiger partial charge in [-0.1, -0.05) is 6.07 Å². The molecule has 0 aliphatic carbocycles. The summed E-state index contributed by atoms with van der Waals surface area (Å²) in [6, 6.07) is 4.98. The maximum absolute atomic E-state index is 11.0. The SMILES string of the molecule is CCOC(=O)Nc1cccc(CO)n1. The summed E-state index contributed by atoms with van der Waals surface area (Å²) in [4.78, 5) is 14.9. The molecule has 5 nitrogen and oxygen atoms in total. The van der Waals surface area contributed by atoms with Crippen molar-refractivity contribution in [3.63, 3.8) is 0 Å². The van der Waals surface area contributed by atoms with Gasteiger partial charge in [0.2, 0.25) is 0 Å². The first-order valence-corrected chi connectivity index (χ1v) is 4.27. The summed E-state index contributed by atoms with van der Waals surface area (Å²) >= 11 is 0. The van der Waals surface area contributed by atoms with Crippen molar-refractivity contribution in [3.8, 4) is 0 Å². The summed E-state index contributed by atoms with van der Waals surface area (Å²) in [6.45, 7) is 1.88. The molecule has 76 valence electrons. The van der Waals surface area contributed by atoms with E-state index >= 15 is 0 Å². The number of hydrogen-bond donors (Lipinski definition) is 2. The predicted molar refractivity (Wildman–Crippen MR) is 50.8 cm³/mol. The van der Waals surface area contributed by atoms with Crippen LogP contribution in [0.3, 0.4) is 0 Å². The van der Waals surface area contributed by atoms with E-state index in [1.165, 1.54) is 0 Å². The minimum atomic E-state index is -0.546. The fourth-order valence-electron chi connectivity index (χ4n) is 0.909. The van der Waals surface area contributed by atoms with Crippen molar-refractivity contribution < 1.29 is 14.6 Å². The highest BCUT2D eigenvalue weighted by Gasteiger charge is 2.02. The number of ether oxygens (including phenoxy) is 1. The summed E-state index contributed by atoms with van der Waals surface area (Å²) in [5.41, 5.74) is 0.499. The Hall–Kier alpha value is -1.62. The normalized spacial score (nSPS) is 9.57. The second kappa shape index (κ2) is 5.18. The summed E-state index contributed by atoms with van der Waals surface area (Å²) in [7, 11) is 0. The van der Waals surface area contributed by atoms with Gasteiger partial charge < -0.3 is 9.84 Å². The molecule has 0 spiro atoms. The Labute approximate surface area is 81.7 Å². The van der Waals surface area contributed by atoms with Gasteiger partial charge in [0.1, 0.15) is 5.82 Å². The second-order valence-electron chi connectivity index (χ2n) is 2.52. The van der Waals surface area contributed by atoms with Gasteiger partial charge in [-0.15, -0.1) is 0 Å². The van der Waals surface area contributed by atoms with Crippen LogP contribution in [0.1, 0.15) is 12.6 Å². The number of rotatable bonds is 3. The van der Waals surface area contributed by atoms with Crippen molar-refractivity contribution in [3.05, 3.63) is 23.9 Å². The van der Waals surface area contributed by atoms with Crippen LogP contribution in [-0.2, 0) is 11.3 Å². The first-order chi connectivity index (χ1) is 6.76. The lowest BCUT2D eigenvalue weighted by molar-refractivity contribution is 0.168. The Bertz CT molecular complexity index is 315. The zero-order valence-electron chi connectivity index (χ0n) is 7.86. The van der Waals surface area contributed by atoms with Crippen LogP contribution >= 0.6 is 0 Å². The molecule has 1 aromatic rings. The Morgan fingerprint density at radius 2 is 2.43 bits per heavy atom. The van der Waals surface area contributed by atoms with E-state index in [9.17, 15) is 4.79 Å². The van der Waals surface area contributed by atoms with E-state index < -0.39 is 6.09 Å². The van der Waals surface area contributed by atoms with Crippen LogP contribution in [0.2, 0.25) is 0 Å². The zero-order valence-corrected chi connectivity index (χ0v) is 7.86. The average molecular weight is 196 g/mol. The number of nitrogens with zero attached hydrogens (tertiary/aromatic N) is 1. The van der Waals surface area contributed by atoms with Crippen LogP contribution in [0.15, 0.2) is 18.2 Å². The number of aliphatic hydroxyl groups is 1. The summed E-state index contributed by atoms with van der Waals surface area (Å²) < 4.78 is 4.67. The van der Waals surface area contributed by atoms with Gasteiger partial charge in [0.05, 0.1) is 18.9 Å². The second-order valence-corrected chi connectivity index (χ2v) is 2.52. The van der Waals surface area contributed by atoms with Crippen molar-refractivity contribution >= 4 is 11.9 Å². The number of nitrogens with one attached hydrogen (secondary N) is 1. The highest BCUT2D eigenvalue weighted by molar-refractivity contribution is 5.83. The van der Waals surface area contributed by atoms with Crippen LogP contribution in [0, 0.1) is 0 Å².